The molecule has 0 aromatic carbocycles. The van der Waals surface area contributed by atoms with E-state index < -0.39 is 17.1 Å². The number of carbonyl (C=O) groups excluding carboxylic acids is 2. The zero-order chi connectivity index (χ0) is 24.7. The van der Waals surface area contributed by atoms with Gasteiger partial charge in [-0.05, 0) is 70.3 Å². The molecule has 0 saturated heterocycles. The maximum atomic E-state index is 14.1. The Balaban J connectivity index is 1.45. The molecule has 3 saturated carbocycles. The minimum Gasteiger partial charge on any atom is -0.469 e. The number of carbonyl (C=O) groups is 2. The van der Waals surface area contributed by atoms with Crippen LogP contribution in [-0.2, 0) is 14.3 Å². The fourth-order valence-electron chi connectivity index (χ4n) is 5.74. The first kappa shape index (κ1) is 23.7. The molecule has 0 spiro atoms. The summed E-state index contributed by atoms with van der Waals surface area (Å²) in [6.45, 7) is 0. The van der Waals surface area contributed by atoms with E-state index in [9.17, 15) is 23.6 Å². The Kier molecular flexibility index (Phi) is 6.46. The van der Waals surface area contributed by atoms with Gasteiger partial charge in [-0.25, -0.2) is 14.2 Å². The quantitative estimate of drug-likeness (QED) is 0.651. The number of methoxy groups -OCH3 is 1. The fraction of sp³-hybridized carbons (Fsp3) is 0.640. The molecule has 9 nitrogen and oxygen atoms in total. The normalized spacial score (nSPS) is 26.9. The van der Waals surface area contributed by atoms with E-state index in [-0.39, 0.29) is 52.9 Å². The number of halogens is 1. The van der Waals surface area contributed by atoms with Gasteiger partial charge in [-0.3, -0.25) is 23.5 Å². The molecule has 0 unspecified atom stereocenters. The Labute approximate surface area is 201 Å². The predicted octanol–water partition coefficient (Wildman–Crippen LogP) is 2.61. The number of amides is 1. The summed E-state index contributed by atoms with van der Waals surface area (Å²) in [5.74, 6) is -0.859. The lowest BCUT2D eigenvalue weighted by Gasteiger charge is -2.32. The van der Waals surface area contributed by atoms with Crippen LogP contribution in [0.5, 0.6) is 0 Å². The molecule has 3 aliphatic rings. The predicted molar refractivity (Wildman–Crippen MR) is 125 cm³/mol. The van der Waals surface area contributed by atoms with Crippen LogP contribution in [0.1, 0.15) is 76.3 Å². The van der Waals surface area contributed by atoms with Crippen molar-refractivity contribution in [3.8, 4) is 0 Å². The van der Waals surface area contributed by atoms with Gasteiger partial charge in [0.15, 0.2) is 0 Å². The maximum Gasteiger partial charge on any atom is 0.333 e. The Morgan fingerprint density at radius 3 is 2.17 bits per heavy atom. The van der Waals surface area contributed by atoms with Gasteiger partial charge in [0.25, 0.3) is 5.56 Å². The molecule has 35 heavy (non-hydrogen) atoms. The monoisotopic (exact) mass is 486 g/mol. The zero-order valence-electron chi connectivity index (χ0n) is 19.9. The average Bonchev–Trinajstić information content (AvgIpc) is 3.71. The van der Waals surface area contributed by atoms with Crippen molar-refractivity contribution in [2.24, 2.45) is 11.8 Å². The molecule has 1 N–H and O–H groups in total. The summed E-state index contributed by atoms with van der Waals surface area (Å²) in [5, 5.41) is 3.18. The minimum absolute atomic E-state index is 0.0467. The maximum absolute atomic E-state index is 14.1. The number of aromatic nitrogens is 3. The molecule has 0 aliphatic heterocycles. The number of fused-ring (bicyclic) bond motifs is 1. The number of hydrogen-bond donors (Lipinski definition) is 1. The summed E-state index contributed by atoms with van der Waals surface area (Å²) in [4.78, 5) is 55.3. The van der Waals surface area contributed by atoms with E-state index in [1.165, 1.54) is 16.2 Å². The van der Waals surface area contributed by atoms with Gasteiger partial charge in [-0.1, -0.05) is 0 Å². The molecule has 2 aromatic heterocycles. The van der Waals surface area contributed by atoms with Crippen molar-refractivity contribution in [2.75, 3.05) is 7.11 Å². The number of hydrogen-bond acceptors (Lipinski definition) is 6. The smallest absolute Gasteiger partial charge is 0.333 e. The first-order valence-corrected chi connectivity index (χ1v) is 12.6. The van der Waals surface area contributed by atoms with Crippen LogP contribution in [0.25, 0.3) is 11.0 Å². The van der Waals surface area contributed by atoms with Crippen LogP contribution in [0.2, 0.25) is 0 Å². The molecule has 188 valence electrons. The van der Waals surface area contributed by atoms with E-state index in [1.807, 2.05) is 0 Å². The summed E-state index contributed by atoms with van der Waals surface area (Å²) >= 11 is 0. The Morgan fingerprint density at radius 1 is 0.943 bits per heavy atom. The fourth-order valence-corrected chi connectivity index (χ4v) is 5.74. The number of nitrogens with zero attached hydrogens (tertiary/aromatic N) is 3. The van der Waals surface area contributed by atoms with Gasteiger partial charge in [-0.15, -0.1) is 0 Å². The van der Waals surface area contributed by atoms with Gasteiger partial charge in [0, 0.05) is 24.0 Å². The molecule has 10 heteroatoms. The van der Waals surface area contributed by atoms with E-state index in [1.54, 1.807) is 0 Å². The van der Waals surface area contributed by atoms with Crippen LogP contribution in [0, 0.1) is 17.7 Å². The van der Waals surface area contributed by atoms with E-state index in [2.05, 4.69) is 10.3 Å². The Morgan fingerprint density at radius 2 is 1.54 bits per heavy atom. The highest BCUT2D eigenvalue weighted by Crippen LogP contribution is 2.34. The van der Waals surface area contributed by atoms with Crippen molar-refractivity contribution in [1.82, 2.24) is 19.4 Å². The van der Waals surface area contributed by atoms with E-state index >= 15 is 0 Å². The van der Waals surface area contributed by atoms with Crippen molar-refractivity contribution < 1.29 is 18.7 Å². The number of esters is 1. The molecule has 3 fully saturated rings. The molecule has 0 bridgehead atoms. The minimum atomic E-state index is -0.632. The van der Waals surface area contributed by atoms with Crippen LogP contribution in [0.15, 0.2) is 21.9 Å². The second-order valence-corrected chi connectivity index (χ2v) is 10.2. The summed E-state index contributed by atoms with van der Waals surface area (Å²) in [7, 11) is 1.37. The highest BCUT2D eigenvalue weighted by molar-refractivity contribution is 5.81. The SMILES string of the molecule is COC(=O)[C@H]1CC[C@H](n2c(=O)n([C@H]3CC[C@@H](NC(=O)C4CC4)CC3)c(=O)c3cc(F)cnc32)CC1. The van der Waals surface area contributed by atoms with Gasteiger partial charge in [0.1, 0.15) is 11.5 Å². The molecule has 0 radical (unpaired) electrons. The topological polar surface area (TPSA) is 112 Å². The molecular weight excluding hydrogens is 455 g/mol. The van der Waals surface area contributed by atoms with Crippen molar-refractivity contribution in [2.45, 2.75) is 82.3 Å². The van der Waals surface area contributed by atoms with Crippen LogP contribution < -0.4 is 16.6 Å². The highest BCUT2D eigenvalue weighted by atomic mass is 19.1. The van der Waals surface area contributed by atoms with Gasteiger partial charge in [0.05, 0.1) is 24.6 Å². The van der Waals surface area contributed by atoms with Gasteiger partial charge >= 0.3 is 11.7 Å². The first-order chi connectivity index (χ1) is 16.9. The Bertz CT molecular complexity index is 1250. The molecular formula is C25H31FN4O5. The van der Waals surface area contributed by atoms with Gasteiger partial charge in [0.2, 0.25) is 5.91 Å². The number of nitrogens with one attached hydrogen (secondary N) is 1. The lowest BCUT2D eigenvalue weighted by atomic mass is 9.86. The van der Waals surface area contributed by atoms with Crippen molar-refractivity contribution >= 4 is 22.9 Å². The summed E-state index contributed by atoms with van der Waals surface area (Å²) in [5.41, 5.74) is -0.778. The molecule has 3 aliphatic carbocycles. The van der Waals surface area contributed by atoms with E-state index in [0.29, 0.717) is 51.4 Å². The van der Waals surface area contributed by atoms with E-state index in [0.717, 1.165) is 25.1 Å². The number of pyridine rings is 1. The average molecular weight is 487 g/mol. The van der Waals surface area contributed by atoms with Gasteiger partial charge < -0.3 is 10.1 Å². The van der Waals surface area contributed by atoms with Crippen molar-refractivity contribution in [3.05, 3.63) is 38.9 Å². The van der Waals surface area contributed by atoms with Crippen molar-refractivity contribution in [3.63, 3.8) is 0 Å². The van der Waals surface area contributed by atoms with Crippen LogP contribution >= 0.6 is 0 Å². The number of rotatable bonds is 5. The second kappa shape index (κ2) is 9.54. The second-order valence-electron chi connectivity index (χ2n) is 10.2. The summed E-state index contributed by atoms with van der Waals surface area (Å²) in [6.07, 6.45) is 7.68. The largest absolute Gasteiger partial charge is 0.469 e. The lowest BCUT2D eigenvalue weighted by molar-refractivity contribution is -0.146. The van der Waals surface area contributed by atoms with Gasteiger partial charge in [-0.2, -0.15) is 0 Å². The highest BCUT2D eigenvalue weighted by Gasteiger charge is 2.34. The molecule has 1 amide bonds. The van der Waals surface area contributed by atoms with Crippen molar-refractivity contribution in [1.29, 1.82) is 0 Å². The molecule has 2 heterocycles. The standard InChI is InChI=1S/C25H31FN4O5/c1-35-24(33)15-4-8-18(9-5-15)29-21-20(12-16(26)13-27-21)23(32)30(25(29)34)19-10-6-17(7-11-19)28-22(31)14-2-3-14/h12-15,17-19H,2-11H2,1H3,(H,28,31)/t15-,17-,18-,19+. The van der Waals surface area contributed by atoms with E-state index in [4.69, 9.17) is 4.74 Å². The zero-order valence-corrected chi connectivity index (χ0v) is 19.9. The lowest BCUT2D eigenvalue weighted by Crippen LogP contribution is -2.46. The van der Waals surface area contributed by atoms with Crippen LogP contribution in [0.3, 0.4) is 0 Å². The molecule has 2 aromatic rings. The first-order valence-electron chi connectivity index (χ1n) is 12.6. The summed E-state index contributed by atoms with van der Waals surface area (Å²) in [6, 6.07) is 0.628. The van der Waals surface area contributed by atoms with Crippen LogP contribution in [-0.4, -0.2) is 39.1 Å². The van der Waals surface area contributed by atoms with Crippen LogP contribution in [0.4, 0.5) is 4.39 Å². The molecule has 5 rings (SSSR count). The third-order valence-corrected chi connectivity index (χ3v) is 7.88. The Hall–Kier alpha value is -3.04. The third kappa shape index (κ3) is 4.62. The third-order valence-electron chi connectivity index (χ3n) is 7.88. The molecule has 0 atom stereocenters. The summed E-state index contributed by atoms with van der Waals surface area (Å²) < 4.78 is 21.8. The number of ether oxygens (including phenoxy) is 1.